The van der Waals surface area contributed by atoms with Crippen molar-refractivity contribution in [1.82, 2.24) is 25.4 Å². The average molecular weight is 419 g/mol. The van der Waals surface area contributed by atoms with E-state index in [9.17, 15) is 0 Å². The zero-order valence-corrected chi connectivity index (χ0v) is 17.3. The molecule has 2 aromatic rings. The van der Waals surface area contributed by atoms with Crippen molar-refractivity contribution in [2.45, 2.75) is 44.6 Å². The number of hydrogen-bond acceptors (Lipinski definition) is 3. The summed E-state index contributed by atoms with van der Waals surface area (Å²) in [6, 6.07) is 8.72. The minimum atomic E-state index is 0.169. The Kier molecular flexibility index (Phi) is 5.96. The second-order valence-electron chi connectivity index (χ2n) is 7.00. The number of guanidine groups is 1. The van der Waals surface area contributed by atoms with Gasteiger partial charge in [0.25, 0.3) is 0 Å². The standard InChI is InChI=1S/C19H27BrN6/c1-14-24-25-17(26(14)3)12-22-18(21-2)23-13-19(9-4-5-10-19)15-7-6-8-16(20)11-15/h6-8,11H,4-5,9-10,12-13H2,1-3H3,(H2,21,22,23). The maximum Gasteiger partial charge on any atom is 0.191 e. The van der Waals surface area contributed by atoms with Gasteiger partial charge in [0.15, 0.2) is 11.8 Å². The summed E-state index contributed by atoms with van der Waals surface area (Å²) in [7, 11) is 3.78. The van der Waals surface area contributed by atoms with Gasteiger partial charge in [0, 0.05) is 30.5 Å². The largest absolute Gasteiger partial charge is 0.356 e. The van der Waals surface area contributed by atoms with Crippen LogP contribution in [0.15, 0.2) is 33.7 Å². The van der Waals surface area contributed by atoms with Crippen molar-refractivity contribution in [2.24, 2.45) is 12.0 Å². The fraction of sp³-hybridized carbons (Fsp3) is 0.526. The first kappa shape index (κ1) is 18.9. The molecule has 2 N–H and O–H groups in total. The first-order chi connectivity index (χ1) is 12.5. The van der Waals surface area contributed by atoms with Crippen molar-refractivity contribution >= 4 is 21.9 Å². The van der Waals surface area contributed by atoms with E-state index in [0.29, 0.717) is 6.54 Å². The number of aromatic nitrogens is 3. The third-order valence-corrected chi connectivity index (χ3v) is 5.91. The lowest BCUT2D eigenvalue weighted by atomic mass is 9.79. The number of nitrogens with zero attached hydrogens (tertiary/aromatic N) is 4. The molecule has 6 nitrogen and oxygen atoms in total. The summed E-state index contributed by atoms with van der Waals surface area (Å²) in [5, 5.41) is 15.2. The van der Waals surface area contributed by atoms with Gasteiger partial charge in [0.1, 0.15) is 5.82 Å². The van der Waals surface area contributed by atoms with Crippen LogP contribution in [-0.4, -0.2) is 34.3 Å². The zero-order valence-electron chi connectivity index (χ0n) is 15.7. The fourth-order valence-electron chi connectivity index (χ4n) is 3.68. The van der Waals surface area contributed by atoms with Crippen LogP contribution in [0.5, 0.6) is 0 Å². The van der Waals surface area contributed by atoms with Crippen LogP contribution in [0.4, 0.5) is 0 Å². The van der Waals surface area contributed by atoms with E-state index in [1.807, 2.05) is 18.5 Å². The smallest absolute Gasteiger partial charge is 0.191 e. The van der Waals surface area contributed by atoms with Crippen LogP contribution in [-0.2, 0) is 19.0 Å². The van der Waals surface area contributed by atoms with Crippen LogP contribution in [0.1, 0.15) is 42.9 Å². The van der Waals surface area contributed by atoms with Gasteiger partial charge in [-0.1, -0.05) is 40.9 Å². The van der Waals surface area contributed by atoms with Gasteiger partial charge in [0.2, 0.25) is 0 Å². The van der Waals surface area contributed by atoms with Gasteiger partial charge in [0.05, 0.1) is 6.54 Å². The first-order valence-corrected chi connectivity index (χ1v) is 9.89. The number of rotatable bonds is 5. The quantitative estimate of drug-likeness (QED) is 0.578. The monoisotopic (exact) mass is 418 g/mol. The van der Waals surface area contributed by atoms with Gasteiger partial charge < -0.3 is 15.2 Å². The number of aliphatic imine (C=N–C) groups is 1. The summed E-state index contributed by atoms with van der Waals surface area (Å²) >= 11 is 3.61. The predicted octanol–water partition coefficient (Wildman–Crippen LogP) is 3.06. The van der Waals surface area contributed by atoms with Gasteiger partial charge in [-0.05, 0) is 37.5 Å². The highest BCUT2D eigenvalue weighted by molar-refractivity contribution is 9.10. The van der Waals surface area contributed by atoms with Gasteiger partial charge >= 0.3 is 0 Å². The molecule has 0 amide bonds. The molecule has 3 rings (SSSR count). The highest BCUT2D eigenvalue weighted by atomic mass is 79.9. The van der Waals surface area contributed by atoms with E-state index in [2.05, 4.69) is 66.0 Å². The Bertz CT molecular complexity index is 776. The summed E-state index contributed by atoms with van der Waals surface area (Å²) in [5.74, 6) is 2.60. The van der Waals surface area contributed by atoms with E-state index in [0.717, 1.165) is 28.6 Å². The molecule has 26 heavy (non-hydrogen) atoms. The summed E-state index contributed by atoms with van der Waals surface area (Å²) in [5.41, 5.74) is 1.57. The highest BCUT2D eigenvalue weighted by Crippen LogP contribution is 2.41. The molecule has 1 fully saturated rings. The van der Waals surface area contributed by atoms with E-state index in [1.165, 1.54) is 31.2 Å². The number of aryl methyl sites for hydroxylation is 1. The lowest BCUT2D eigenvalue weighted by Gasteiger charge is -2.31. The van der Waals surface area contributed by atoms with E-state index < -0.39 is 0 Å². The lowest BCUT2D eigenvalue weighted by molar-refractivity contribution is 0.431. The molecular formula is C19H27BrN6. The van der Waals surface area contributed by atoms with Crippen LogP contribution in [0.25, 0.3) is 0 Å². The molecule has 1 aromatic carbocycles. The topological polar surface area (TPSA) is 67.1 Å². The first-order valence-electron chi connectivity index (χ1n) is 9.09. The number of benzene rings is 1. The molecule has 1 aliphatic rings. The van der Waals surface area contributed by atoms with Crippen LogP contribution in [0.3, 0.4) is 0 Å². The fourth-order valence-corrected chi connectivity index (χ4v) is 4.08. The molecule has 0 atom stereocenters. The number of nitrogens with one attached hydrogen (secondary N) is 2. The second kappa shape index (κ2) is 8.20. The molecule has 1 saturated carbocycles. The number of hydrogen-bond donors (Lipinski definition) is 2. The zero-order chi connectivity index (χ0) is 18.6. The molecule has 1 heterocycles. The van der Waals surface area contributed by atoms with Crippen molar-refractivity contribution in [3.05, 3.63) is 46.0 Å². The van der Waals surface area contributed by atoms with Crippen LogP contribution >= 0.6 is 15.9 Å². The Morgan fingerprint density at radius 3 is 2.65 bits per heavy atom. The van der Waals surface area contributed by atoms with E-state index in [4.69, 9.17) is 0 Å². The lowest BCUT2D eigenvalue weighted by Crippen LogP contribution is -2.44. The number of halogens is 1. The van der Waals surface area contributed by atoms with Crippen molar-refractivity contribution in [3.63, 3.8) is 0 Å². The van der Waals surface area contributed by atoms with Crippen molar-refractivity contribution in [3.8, 4) is 0 Å². The molecule has 1 aromatic heterocycles. The summed E-state index contributed by atoms with van der Waals surface area (Å²) in [6.45, 7) is 3.42. The average Bonchev–Trinajstić information content (AvgIpc) is 3.24. The highest BCUT2D eigenvalue weighted by Gasteiger charge is 2.35. The van der Waals surface area contributed by atoms with Gasteiger partial charge in [-0.3, -0.25) is 4.99 Å². The second-order valence-corrected chi connectivity index (χ2v) is 7.92. The van der Waals surface area contributed by atoms with Crippen molar-refractivity contribution in [1.29, 1.82) is 0 Å². The summed E-state index contributed by atoms with van der Waals surface area (Å²) in [4.78, 5) is 4.37. The molecule has 140 valence electrons. The third-order valence-electron chi connectivity index (χ3n) is 5.41. The maximum atomic E-state index is 4.37. The molecule has 1 aliphatic carbocycles. The molecule has 0 saturated heterocycles. The summed E-state index contributed by atoms with van der Waals surface area (Å²) < 4.78 is 3.13. The van der Waals surface area contributed by atoms with E-state index in [1.54, 1.807) is 7.05 Å². The Labute approximate surface area is 163 Å². The normalized spacial score (nSPS) is 16.7. The van der Waals surface area contributed by atoms with Crippen LogP contribution < -0.4 is 10.6 Å². The predicted molar refractivity (Wildman–Crippen MR) is 108 cm³/mol. The van der Waals surface area contributed by atoms with Gasteiger partial charge in [-0.15, -0.1) is 10.2 Å². The Balaban J connectivity index is 1.65. The van der Waals surface area contributed by atoms with Crippen LogP contribution in [0.2, 0.25) is 0 Å². The molecule has 0 radical (unpaired) electrons. The molecule has 0 bridgehead atoms. The van der Waals surface area contributed by atoms with Crippen LogP contribution in [0, 0.1) is 6.92 Å². The maximum absolute atomic E-state index is 4.37. The summed E-state index contributed by atoms with van der Waals surface area (Å²) in [6.07, 6.45) is 4.96. The third kappa shape index (κ3) is 4.09. The molecule has 0 aliphatic heterocycles. The Morgan fingerprint density at radius 2 is 2.04 bits per heavy atom. The molecule has 0 spiro atoms. The van der Waals surface area contributed by atoms with E-state index >= 15 is 0 Å². The minimum Gasteiger partial charge on any atom is -0.356 e. The molecular weight excluding hydrogens is 392 g/mol. The Morgan fingerprint density at radius 1 is 1.27 bits per heavy atom. The van der Waals surface area contributed by atoms with Gasteiger partial charge in [-0.2, -0.15) is 0 Å². The van der Waals surface area contributed by atoms with Crippen molar-refractivity contribution in [2.75, 3.05) is 13.6 Å². The Hall–Kier alpha value is -1.89. The molecule has 0 unspecified atom stereocenters. The minimum absolute atomic E-state index is 0.169. The SMILES string of the molecule is CN=C(NCc1nnc(C)n1C)NCC1(c2cccc(Br)c2)CCCC1. The van der Waals surface area contributed by atoms with Crippen molar-refractivity contribution < 1.29 is 0 Å². The van der Waals surface area contributed by atoms with Gasteiger partial charge in [-0.25, -0.2) is 0 Å². The molecule has 7 heteroatoms. The van der Waals surface area contributed by atoms with E-state index in [-0.39, 0.29) is 5.41 Å².